The Balaban J connectivity index is 1.34. The van der Waals surface area contributed by atoms with Gasteiger partial charge in [0.05, 0.1) is 13.2 Å². The number of methoxy groups -OCH3 is 1. The number of rotatable bonds is 10. The summed E-state index contributed by atoms with van der Waals surface area (Å²) in [5, 5.41) is 16.8. The van der Waals surface area contributed by atoms with Gasteiger partial charge in [0.2, 0.25) is 0 Å². The molecule has 2 amide bonds. The van der Waals surface area contributed by atoms with Gasteiger partial charge in [0.25, 0.3) is 0 Å². The van der Waals surface area contributed by atoms with E-state index in [1.807, 2.05) is 36.4 Å². The quantitative estimate of drug-likeness (QED) is 0.367. The number of carbonyl (C=O) groups excluding carboxylic acids is 1. The van der Waals surface area contributed by atoms with Crippen LogP contribution < -0.4 is 15.4 Å². The van der Waals surface area contributed by atoms with Crippen molar-refractivity contribution >= 4 is 11.7 Å². The number of piperidine rings is 1. The van der Waals surface area contributed by atoms with Crippen molar-refractivity contribution in [3.8, 4) is 5.75 Å². The maximum absolute atomic E-state index is 13.2. The number of aliphatic hydroxyl groups excluding tert-OH is 1. The molecule has 2 atom stereocenters. The number of aliphatic hydroxyl groups is 1. The smallest absolute Gasteiger partial charge is 0.319 e. The standard InChI is InChI=1S/C30H36FN3O3/c1-37-27-9-5-8-26(20-27)33-30(36)32-21-29(35)28(19-22-6-3-2-4-7-22)34-16-14-24(15-17-34)18-23-10-12-25(31)13-11-23/h2-13,20,24,28-29,35H,14-19,21H2,1H3,(H2,32,33,36). The molecular weight excluding hydrogens is 469 g/mol. The van der Waals surface area contributed by atoms with Crippen LogP contribution in [0.4, 0.5) is 14.9 Å². The summed E-state index contributed by atoms with van der Waals surface area (Å²) < 4.78 is 18.5. The highest BCUT2D eigenvalue weighted by atomic mass is 19.1. The SMILES string of the molecule is COc1cccc(NC(=O)NCC(O)C(Cc2ccccc2)N2CCC(Cc3ccc(F)cc3)CC2)c1. The molecule has 7 heteroatoms. The molecule has 0 aromatic heterocycles. The lowest BCUT2D eigenvalue weighted by molar-refractivity contribution is 0.0307. The maximum atomic E-state index is 13.2. The Morgan fingerprint density at radius 1 is 1.03 bits per heavy atom. The molecule has 0 spiro atoms. The number of nitrogens with one attached hydrogen (secondary N) is 2. The number of amides is 2. The van der Waals surface area contributed by atoms with E-state index in [1.54, 1.807) is 25.3 Å². The van der Waals surface area contributed by atoms with Gasteiger partial charge in [-0.25, -0.2) is 9.18 Å². The van der Waals surface area contributed by atoms with E-state index in [9.17, 15) is 14.3 Å². The highest BCUT2D eigenvalue weighted by Gasteiger charge is 2.30. The van der Waals surface area contributed by atoms with Gasteiger partial charge in [0.1, 0.15) is 11.6 Å². The number of likely N-dealkylation sites (tertiary alicyclic amines) is 1. The molecule has 0 aliphatic carbocycles. The molecule has 196 valence electrons. The summed E-state index contributed by atoms with van der Waals surface area (Å²) in [6.07, 6.45) is 2.93. The average Bonchev–Trinajstić information content (AvgIpc) is 2.93. The number of nitrogens with zero attached hydrogens (tertiary/aromatic N) is 1. The summed E-state index contributed by atoms with van der Waals surface area (Å²) in [6.45, 7) is 1.88. The summed E-state index contributed by atoms with van der Waals surface area (Å²) in [4.78, 5) is 14.8. The third kappa shape index (κ3) is 8.03. The normalized spacial score (nSPS) is 16.1. The van der Waals surface area contributed by atoms with Crippen molar-refractivity contribution < 1.29 is 19.0 Å². The molecule has 1 saturated heterocycles. The number of halogens is 1. The van der Waals surface area contributed by atoms with E-state index >= 15 is 0 Å². The first kappa shape index (κ1) is 26.6. The highest BCUT2D eigenvalue weighted by molar-refractivity contribution is 5.89. The van der Waals surface area contributed by atoms with E-state index in [2.05, 4.69) is 27.7 Å². The lowest BCUT2D eigenvalue weighted by Gasteiger charge is -2.40. The minimum atomic E-state index is -0.732. The molecule has 3 N–H and O–H groups in total. The first-order valence-corrected chi connectivity index (χ1v) is 12.9. The van der Waals surface area contributed by atoms with Crippen molar-refractivity contribution in [2.75, 3.05) is 32.1 Å². The monoisotopic (exact) mass is 505 g/mol. The Labute approximate surface area is 218 Å². The van der Waals surface area contributed by atoms with Crippen LogP contribution in [0, 0.1) is 11.7 Å². The van der Waals surface area contributed by atoms with Gasteiger partial charge in [0.15, 0.2) is 0 Å². The summed E-state index contributed by atoms with van der Waals surface area (Å²) in [6, 6.07) is 23.6. The highest BCUT2D eigenvalue weighted by Crippen LogP contribution is 2.25. The zero-order valence-electron chi connectivity index (χ0n) is 21.3. The predicted octanol–water partition coefficient (Wildman–Crippen LogP) is 4.88. The number of urea groups is 1. The van der Waals surface area contributed by atoms with Crippen LogP contribution in [-0.4, -0.2) is 54.9 Å². The minimum absolute atomic E-state index is 0.119. The average molecular weight is 506 g/mol. The molecule has 0 bridgehead atoms. The fourth-order valence-corrected chi connectivity index (χ4v) is 5.02. The van der Waals surface area contributed by atoms with E-state index in [-0.39, 0.29) is 24.4 Å². The molecule has 0 radical (unpaired) electrons. The molecule has 6 nitrogen and oxygen atoms in total. The lowest BCUT2D eigenvalue weighted by atomic mass is 9.88. The Bertz CT molecular complexity index is 1120. The molecule has 1 aliphatic rings. The fourth-order valence-electron chi connectivity index (χ4n) is 5.02. The number of anilines is 1. The zero-order chi connectivity index (χ0) is 26.0. The first-order valence-electron chi connectivity index (χ1n) is 12.9. The van der Waals surface area contributed by atoms with Crippen LogP contribution in [0.2, 0.25) is 0 Å². The van der Waals surface area contributed by atoms with Gasteiger partial charge in [-0.3, -0.25) is 4.90 Å². The molecule has 3 aromatic rings. The second-order valence-corrected chi connectivity index (χ2v) is 9.70. The predicted molar refractivity (Wildman–Crippen MR) is 144 cm³/mol. The third-order valence-electron chi connectivity index (χ3n) is 7.09. The van der Waals surface area contributed by atoms with Crippen LogP contribution in [0.5, 0.6) is 5.75 Å². The zero-order valence-corrected chi connectivity index (χ0v) is 21.3. The Hall–Kier alpha value is -3.42. The second-order valence-electron chi connectivity index (χ2n) is 9.70. The molecule has 0 saturated carbocycles. The topological polar surface area (TPSA) is 73.8 Å². The van der Waals surface area contributed by atoms with Gasteiger partial charge in [-0.1, -0.05) is 48.5 Å². The van der Waals surface area contributed by atoms with Crippen LogP contribution in [0.3, 0.4) is 0 Å². The first-order chi connectivity index (χ1) is 18.0. The summed E-state index contributed by atoms with van der Waals surface area (Å²) in [5.41, 5.74) is 2.93. The van der Waals surface area contributed by atoms with Crippen LogP contribution in [0.1, 0.15) is 24.0 Å². The molecular formula is C30H36FN3O3. The molecule has 37 heavy (non-hydrogen) atoms. The molecule has 4 rings (SSSR count). The Morgan fingerprint density at radius 3 is 2.46 bits per heavy atom. The van der Waals surface area contributed by atoms with E-state index in [0.717, 1.165) is 43.5 Å². The summed E-state index contributed by atoms with van der Waals surface area (Å²) >= 11 is 0. The fraction of sp³-hybridized carbons (Fsp3) is 0.367. The molecule has 2 unspecified atom stereocenters. The van der Waals surface area contributed by atoms with Gasteiger partial charge < -0.3 is 20.5 Å². The lowest BCUT2D eigenvalue weighted by Crippen LogP contribution is -2.52. The van der Waals surface area contributed by atoms with E-state index in [0.29, 0.717) is 23.8 Å². The molecule has 1 heterocycles. The van der Waals surface area contributed by atoms with Crippen molar-refractivity contribution in [1.29, 1.82) is 0 Å². The number of carbonyl (C=O) groups is 1. The maximum Gasteiger partial charge on any atom is 0.319 e. The molecule has 1 aliphatic heterocycles. The summed E-state index contributed by atoms with van der Waals surface area (Å²) in [5.74, 6) is 0.980. The van der Waals surface area contributed by atoms with E-state index in [1.165, 1.54) is 12.1 Å². The van der Waals surface area contributed by atoms with Crippen molar-refractivity contribution in [3.63, 3.8) is 0 Å². The van der Waals surface area contributed by atoms with Crippen LogP contribution in [-0.2, 0) is 12.8 Å². The van der Waals surface area contributed by atoms with Crippen LogP contribution >= 0.6 is 0 Å². The van der Waals surface area contributed by atoms with Crippen LogP contribution in [0.15, 0.2) is 78.9 Å². The molecule has 1 fully saturated rings. The largest absolute Gasteiger partial charge is 0.497 e. The van der Waals surface area contributed by atoms with Gasteiger partial charge in [-0.05, 0) is 80.1 Å². The number of hydrogen-bond acceptors (Lipinski definition) is 4. The van der Waals surface area contributed by atoms with Gasteiger partial charge >= 0.3 is 6.03 Å². The van der Waals surface area contributed by atoms with Gasteiger partial charge in [0, 0.05) is 24.3 Å². The second kappa shape index (κ2) is 13.2. The number of benzene rings is 3. The summed E-state index contributed by atoms with van der Waals surface area (Å²) in [7, 11) is 1.58. The van der Waals surface area contributed by atoms with Gasteiger partial charge in [-0.15, -0.1) is 0 Å². The van der Waals surface area contributed by atoms with E-state index < -0.39 is 6.10 Å². The van der Waals surface area contributed by atoms with Gasteiger partial charge in [-0.2, -0.15) is 0 Å². The Kier molecular flexibility index (Phi) is 9.52. The third-order valence-corrected chi connectivity index (χ3v) is 7.09. The van der Waals surface area contributed by atoms with E-state index in [4.69, 9.17) is 4.74 Å². The minimum Gasteiger partial charge on any atom is -0.497 e. The number of ether oxygens (including phenoxy) is 1. The van der Waals surface area contributed by atoms with Crippen molar-refractivity contribution in [3.05, 3.63) is 95.8 Å². The molecule has 3 aromatic carbocycles. The van der Waals surface area contributed by atoms with Crippen molar-refractivity contribution in [2.24, 2.45) is 5.92 Å². The van der Waals surface area contributed by atoms with Crippen LogP contribution in [0.25, 0.3) is 0 Å². The van der Waals surface area contributed by atoms with Crippen molar-refractivity contribution in [1.82, 2.24) is 10.2 Å². The number of hydrogen-bond donors (Lipinski definition) is 3. The van der Waals surface area contributed by atoms with Crippen molar-refractivity contribution in [2.45, 2.75) is 37.8 Å². The Morgan fingerprint density at radius 2 is 1.76 bits per heavy atom.